The lowest BCUT2D eigenvalue weighted by atomic mass is 9.64. The second-order valence-electron chi connectivity index (χ2n) is 5.56. The summed E-state index contributed by atoms with van der Waals surface area (Å²) in [6.07, 6.45) is 0.823. The van der Waals surface area contributed by atoms with E-state index in [4.69, 9.17) is 4.65 Å². The predicted molar refractivity (Wildman–Crippen MR) is 75.2 cm³/mol. The minimum Gasteiger partial charge on any atom is -0.427 e. The van der Waals surface area contributed by atoms with E-state index in [0.717, 1.165) is 12.1 Å². The number of carbonyl (C=O) groups excluding carboxylic acids is 1. The van der Waals surface area contributed by atoms with E-state index >= 15 is 0 Å². The summed E-state index contributed by atoms with van der Waals surface area (Å²) in [7, 11) is 0. The summed E-state index contributed by atoms with van der Waals surface area (Å²) in [6.45, 7) is 8.77. The van der Waals surface area contributed by atoms with Crippen molar-refractivity contribution in [2.45, 2.75) is 40.6 Å². The standard InChI is InChI=1S/C14H20BNO2/c1-5-14(2,3)13(17)16-11-7-6-10-9-18-15(4)12(10)8-11/h6-8H,5,9H2,1-4H3,(H,16,17). The number of amides is 1. The fourth-order valence-corrected chi connectivity index (χ4v) is 1.95. The summed E-state index contributed by atoms with van der Waals surface area (Å²) in [4.78, 5) is 12.1. The van der Waals surface area contributed by atoms with Crippen LogP contribution in [0.1, 0.15) is 32.8 Å². The van der Waals surface area contributed by atoms with Gasteiger partial charge < -0.3 is 9.97 Å². The SMILES string of the molecule is CCC(C)(C)C(=O)Nc1ccc2c(c1)B(C)OC2. The van der Waals surface area contributed by atoms with Crippen molar-refractivity contribution in [3.05, 3.63) is 23.8 Å². The molecule has 0 bridgehead atoms. The van der Waals surface area contributed by atoms with Crippen molar-refractivity contribution < 1.29 is 9.45 Å². The van der Waals surface area contributed by atoms with Gasteiger partial charge in [0, 0.05) is 11.1 Å². The van der Waals surface area contributed by atoms with Crippen LogP contribution >= 0.6 is 0 Å². The Bertz CT molecular complexity index is 471. The zero-order valence-corrected chi connectivity index (χ0v) is 11.5. The fraction of sp³-hybridized carbons (Fsp3) is 0.500. The van der Waals surface area contributed by atoms with E-state index < -0.39 is 0 Å². The van der Waals surface area contributed by atoms with Crippen LogP contribution in [0.2, 0.25) is 6.82 Å². The molecule has 1 amide bonds. The van der Waals surface area contributed by atoms with Crippen LogP contribution < -0.4 is 10.8 Å². The molecule has 0 radical (unpaired) electrons. The maximum atomic E-state index is 12.1. The number of rotatable bonds is 3. The largest absolute Gasteiger partial charge is 0.427 e. The average Bonchev–Trinajstić information content (AvgIpc) is 2.71. The number of hydrogen-bond donors (Lipinski definition) is 1. The van der Waals surface area contributed by atoms with Crippen LogP contribution in [0, 0.1) is 5.41 Å². The van der Waals surface area contributed by atoms with Crippen molar-refractivity contribution in [3.8, 4) is 0 Å². The lowest BCUT2D eigenvalue weighted by Gasteiger charge is -2.21. The molecule has 0 aliphatic carbocycles. The number of benzene rings is 1. The number of fused-ring (bicyclic) bond motifs is 1. The fourth-order valence-electron chi connectivity index (χ4n) is 1.95. The van der Waals surface area contributed by atoms with Gasteiger partial charge in [-0.25, -0.2) is 0 Å². The summed E-state index contributed by atoms with van der Waals surface area (Å²) in [5, 5.41) is 2.99. The van der Waals surface area contributed by atoms with Crippen LogP contribution in [-0.2, 0) is 16.1 Å². The molecule has 1 aliphatic heterocycles. The number of anilines is 1. The molecule has 96 valence electrons. The Balaban J connectivity index is 2.16. The molecule has 0 fully saturated rings. The van der Waals surface area contributed by atoms with Crippen LogP contribution in [0.4, 0.5) is 5.69 Å². The third-order valence-corrected chi connectivity index (χ3v) is 3.83. The highest BCUT2D eigenvalue weighted by Gasteiger charge is 2.27. The van der Waals surface area contributed by atoms with Crippen molar-refractivity contribution in [1.29, 1.82) is 0 Å². The molecule has 1 aromatic carbocycles. The maximum absolute atomic E-state index is 12.1. The molecule has 0 spiro atoms. The molecule has 0 aromatic heterocycles. The highest BCUT2D eigenvalue weighted by atomic mass is 16.4. The van der Waals surface area contributed by atoms with Crippen LogP contribution in [0.25, 0.3) is 0 Å². The van der Waals surface area contributed by atoms with E-state index in [0.29, 0.717) is 6.61 Å². The number of hydrogen-bond acceptors (Lipinski definition) is 2. The van der Waals surface area contributed by atoms with Gasteiger partial charge in [0.25, 0.3) is 0 Å². The van der Waals surface area contributed by atoms with Gasteiger partial charge in [-0.2, -0.15) is 0 Å². The molecule has 0 saturated heterocycles. The minimum atomic E-state index is -0.332. The first kappa shape index (κ1) is 13.2. The Labute approximate surface area is 109 Å². The van der Waals surface area contributed by atoms with E-state index in [9.17, 15) is 4.79 Å². The van der Waals surface area contributed by atoms with Gasteiger partial charge in [0.15, 0.2) is 0 Å². The van der Waals surface area contributed by atoms with Crippen LogP contribution in [0.15, 0.2) is 18.2 Å². The van der Waals surface area contributed by atoms with Crippen LogP contribution in [0.5, 0.6) is 0 Å². The lowest BCUT2D eigenvalue weighted by Crippen LogP contribution is -2.31. The minimum absolute atomic E-state index is 0.0662. The van der Waals surface area contributed by atoms with Crippen molar-refractivity contribution in [2.24, 2.45) is 5.41 Å². The highest BCUT2D eigenvalue weighted by molar-refractivity contribution is 6.67. The van der Waals surface area contributed by atoms with E-state index in [1.54, 1.807) is 0 Å². The summed E-state index contributed by atoms with van der Waals surface area (Å²) in [5.41, 5.74) is 2.93. The summed E-state index contributed by atoms with van der Waals surface area (Å²) in [5.74, 6) is 0.0662. The molecule has 1 aliphatic rings. The third-order valence-electron chi connectivity index (χ3n) is 3.83. The maximum Gasteiger partial charge on any atom is 0.324 e. The molecule has 1 heterocycles. The first-order valence-electron chi connectivity index (χ1n) is 6.50. The van der Waals surface area contributed by atoms with E-state index in [1.807, 2.05) is 45.8 Å². The Morgan fingerprint density at radius 3 is 2.89 bits per heavy atom. The van der Waals surface area contributed by atoms with Gasteiger partial charge in [-0.1, -0.05) is 33.7 Å². The molecule has 2 rings (SSSR count). The molecule has 0 unspecified atom stereocenters. The monoisotopic (exact) mass is 245 g/mol. The topological polar surface area (TPSA) is 38.3 Å². The molecular formula is C14H20BNO2. The van der Waals surface area contributed by atoms with Crippen LogP contribution in [-0.4, -0.2) is 12.8 Å². The molecule has 4 heteroatoms. The Morgan fingerprint density at radius 2 is 2.22 bits per heavy atom. The van der Waals surface area contributed by atoms with Gasteiger partial charge >= 0.3 is 6.92 Å². The lowest BCUT2D eigenvalue weighted by molar-refractivity contribution is -0.124. The summed E-state index contributed by atoms with van der Waals surface area (Å²) < 4.78 is 5.56. The van der Waals surface area contributed by atoms with Crippen molar-refractivity contribution in [1.82, 2.24) is 0 Å². The van der Waals surface area contributed by atoms with E-state index in [-0.39, 0.29) is 18.2 Å². The van der Waals surface area contributed by atoms with Crippen molar-refractivity contribution >= 4 is 24.0 Å². The average molecular weight is 245 g/mol. The summed E-state index contributed by atoms with van der Waals surface area (Å²) in [6, 6.07) is 6.01. The Hall–Kier alpha value is -1.29. The number of nitrogens with one attached hydrogen (secondary N) is 1. The molecule has 1 aromatic rings. The second kappa shape index (κ2) is 4.77. The van der Waals surface area contributed by atoms with Gasteiger partial charge in [0.1, 0.15) is 0 Å². The normalized spacial score (nSPS) is 14.6. The smallest absolute Gasteiger partial charge is 0.324 e. The third kappa shape index (κ3) is 2.44. The van der Waals surface area contributed by atoms with Gasteiger partial charge in [0.2, 0.25) is 5.91 Å². The molecular weight excluding hydrogens is 225 g/mol. The van der Waals surface area contributed by atoms with Gasteiger partial charge in [0.05, 0.1) is 6.61 Å². The van der Waals surface area contributed by atoms with E-state index in [1.165, 1.54) is 11.0 Å². The molecule has 0 atom stereocenters. The second-order valence-corrected chi connectivity index (χ2v) is 5.56. The van der Waals surface area contributed by atoms with Gasteiger partial charge in [-0.05, 0) is 29.6 Å². The zero-order chi connectivity index (χ0) is 13.3. The van der Waals surface area contributed by atoms with Crippen molar-refractivity contribution in [3.63, 3.8) is 0 Å². The highest BCUT2D eigenvalue weighted by Crippen LogP contribution is 2.23. The number of carbonyl (C=O) groups is 1. The van der Waals surface area contributed by atoms with Gasteiger partial charge in [-0.3, -0.25) is 4.79 Å². The Morgan fingerprint density at radius 1 is 1.50 bits per heavy atom. The van der Waals surface area contributed by atoms with Crippen molar-refractivity contribution in [2.75, 3.05) is 5.32 Å². The molecule has 18 heavy (non-hydrogen) atoms. The zero-order valence-electron chi connectivity index (χ0n) is 11.5. The van der Waals surface area contributed by atoms with Gasteiger partial charge in [-0.15, -0.1) is 0 Å². The first-order valence-corrected chi connectivity index (χ1v) is 6.50. The molecule has 3 nitrogen and oxygen atoms in total. The van der Waals surface area contributed by atoms with Crippen LogP contribution in [0.3, 0.4) is 0 Å². The predicted octanol–water partition coefficient (Wildman–Crippen LogP) is 2.42. The molecule has 0 saturated carbocycles. The Kier molecular flexibility index (Phi) is 3.48. The quantitative estimate of drug-likeness (QED) is 0.830. The summed E-state index contributed by atoms with van der Waals surface area (Å²) >= 11 is 0. The molecule has 1 N–H and O–H groups in total. The van der Waals surface area contributed by atoms with E-state index in [2.05, 4.69) is 5.32 Å². The first-order chi connectivity index (χ1) is 8.44.